The van der Waals surface area contributed by atoms with Crippen LogP contribution in [-0.4, -0.2) is 11.8 Å². The predicted molar refractivity (Wildman–Crippen MR) is 118 cm³/mol. The quantitative estimate of drug-likeness (QED) is 0.417. The Morgan fingerprint density at radius 1 is 0.655 bits per heavy atom. The Morgan fingerprint density at radius 3 is 1.52 bits per heavy atom. The SMILES string of the molecule is O=C1C=C(C2CCCCCCC2)C(=O)N1.c1ccc2cc3ccccc3cc2c1. The third-order valence-electron chi connectivity index (χ3n) is 5.94. The molecule has 0 spiro atoms. The third-order valence-corrected chi connectivity index (χ3v) is 5.94. The first-order valence-corrected chi connectivity index (χ1v) is 10.7. The molecular weight excluding hydrogens is 358 g/mol. The normalized spacial score (nSPS) is 17.9. The number of imide groups is 1. The molecule has 1 saturated carbocycles. The van der Waals surface area contributed by atoms with Gasteiger partial charge in [-0.05, 0) is 52.4 Å². The van der Waals surface area contributed by atoms with Crippen molar-refractivity contribution in [3.8, 4) is 0 Å². The number of hydrogen-bond acceptors (Lipinski definition) is 2. The Hall–Kier alpha value is -2.94. The summed E-state index contributed by atoms with van der Waals surface area (Å²) in [5.41, 5.74) is 0.724. The summed E-state index contributed by atoms with van der Waals surface area (Å²) in [6.45, 7) is 0. The van der Waals surface area contributed by atoms with Crippen molar-refractivity contribution < 1.29 is 9.59 Å². The summed E-state index contributed by atoms with van der Waals surface area (Å²) in [7, 11) is 0. The fourth-order valence-electron chi connectivity index (χ4n) is 4.38. The van der Waals surface area contributed by atoms with E-state index in [2.05, 4.69) is 66.0 Å². The van der Waals surface area contributed by atoms with E-state index in [4.69, 9.17) is 0 Å². The van der Waals surface area contributed by atoms with Gasteiger partial charge in [-0.25, -0.2) is 0 Å². The van der Waals surface area contributed by atoms with Gasteiger partial charge in [-0.3, -0.25) is 14.9 Å². The van der Waals surface area contributed by atoms with Gasteiger partial charge in [0.25, 0.3) is 11.8 Å². The molecule has 3 aromatic carbocycles. The van der Waals surface area contributed by atoms with Crippen LogP contribution in [0, 0.1) is 5.92 Å². The molecule has 0 atom stereocenters. The molecule has 3 aromatic rings. The van der Waals surface area contributed by atoms with Crippen molar-refractivity contribution in [1.82, 2.24) is 5.32 Å². The fraction of sp³-hybridized carbons (Fsp3) is 0.308. The molecule has 0 radical (unpaired) electrons. The van der Waals surface area contributed by atoms with E-state index < -0.39 is 0 Å². The molecule has 1 heterocycles. The number of rotatable bonds is 1. The van der Waals surface area contributed by atoms with Gasteiger partial charge < -0.3 is 0 Å². The summed E-state index contributed by atoms with van der Waals surface area (Å²) in [6.07, 6.45) is 9.83. The molecule has 1 N–H and O–H groups in total. The van der Waals surface area contributed by atoms with E-state index in [0.29, 0.717) is 5.92 Å². The molecule has 1 aliphatic carbocycles. The highest BCUT2D eigenvalue weighted by molar-refractivity contribution is 6.16. The highest BCUT2D eigenvalue weighted by Gasteiger charge is 2.27. The first-order chi connectivity index (χ1) is 14.2. The Bertz CT molecular complexity index is 953. The van der Waals surface area contributed by atoms with E-state index in [-0.39, 0.29) is 11.8 Å². The smallest absolute Gasteiger partial charge is 0.254 e. The predicted octanol–water partition coefficient (Wildman–Crippen LogP) is 5.92. The average Bonchev–Trinajstić information content (AvgIpc) is 3.04. The molecule has 29 heavy (non-hydrogen) atoms. The molecule has 3 heteroatoms. The van der Waals surface area contributed by atoms with Crippen LogP contribution in [0.25, 0.3) is 21.5 Å². The van der Waals surface area contributed by atoms with E-state index in [1.165, 1.54) is 59.7 Å². The summed E-state index contributed by atoms with van der Waals surface area (Å²) in [5, 5.41) is 7.57. The maximum Gasteiger partial charge on any atom is 0.254 e. The molecule has 0 bridgehead atoms. The maximum atomic E-state index is 11.5. The van der Waals surface area contributed by atoms with Crippen molar-refractivity contribution in [3.05, 3.63) is 72.3 Å². The number of amides is 2. The Kier molecular flexibility index (Phi) is 6.04. The molecule has 148 valence electrons. The first kappa shape index (κ1) is 19.4. The molecule has 3 nitrogen and oxygen atoms in total. The van der Waals surface area contributed by atoms with Crippen molar-refractivity contribution in [3.63, 3.8) is 0 Å². The monoisotopic (exact) mass is 385 g/mol. The van der Waals surface area contributed by atoms with E-state index in [0.717, 1.165) is 18.4 Å². The standard InChI is InChI=1S/C14H10.C12H17NO2/c1-2-6-12-10-14-8-4-3-7-13(14)9-11(12)5-1;14-11-8-10(12(15)13-11)9-6-4-2-1-3-5-7-9/h1-10H;8-9H,1-7H2,(H,13,14,15). The Morgan fingerprint density at radius 2 is 1.10 bits per heavy atom. The van der Waals surface area contributed by atoms with Gasteiger partial charge in [0.15, 0.2) is 0 Å². The second kappa shape index (κ2) is 9.04. The van der Waals surface area contributed by atoms with Crippen LogP contribution in [-0.2, 0) is 9.59 Å². The van der Waals surface area contributed by atoms with E-state index in [9.17, 15) is 9.59 Å². The molecule has 2 amide bonds. The fourth-order valence-corrected chi connectivity index (χ4v) is 4.38. The lowest BCUT2D eigenvalue weighted by molar-refractivity contribution is -0.124. The van der Waals surface area contributed by atoms with Crippen LogP contribution in [0.4, 0.5) is 0 Å². The van der Waals surface area contributed by atoms with Crippen LogP contribution in [0.2, 0.25) is 0 Å². The summed E-state index contributed by atoms with van der Waals surface area (Å²) in [5.74, 6) is -0.0839. The lowest BCUT2D eigenvalue weighted by Crippen LogP contribution is -2.24. The van der Waals surface area contributed by atoms with Crippen LogP contribution in [0.15, 0.2) is 72.3 Å². The van der Waals surface area contributed by atoms with Gasteiger partial charge in [0, 0.05) is 11.6 Å². The van der Waals surface area contributed by atoms with E-state index in [1.54, 1.807) is 0 Å². The van der Waals surface area contributed by atoms with Gasteiger partial charge in [-0.1, -0.05) is 80.6 Å². The minimum absolute atomic E-state index is 0.162. The molecule has 0 unspecified atom stereocenters. The molecule has 5 rings (SSSR count). The molecule has 0 saturated heterocycles. The first-order valence-electron chi connectivity index (χ1n) is 10.7. The van der Waals surface area contributed by atoms with Crippen molar-refractivity contribution in [2.45, 2.75) is 44.9 Å². The largest absolute Gasteiger partial charge is 0.289 e. The van der Waals surface area contributed by atoms with Crippen LogP contribution >= 0.6 is 0 Å². The summed E-state index contributed by atoms with van der Waals surface area (Å²) >= 11 is 0. The highest BCUT2D eigenvalue weighted by atomic mass is 16.2. The second-order valence-electron chi connectivity index (χ2n) is 8.01. The van der Waals surface area contributed by atoms with Crippen molar-refractivity contribution >= 4 is 33.4 Å². The zero-order valence-corrected chi connectivity index (χ0v) is 16.7. The van der Waals surface area contributed by atoms with Gasteiger partial charge in [0.1, 0.15) is 0 Å². The highest BCUT2D eigenvalue weighted by Crippen LogP contribution is 2.29. The molecule has 1 aliphatic heterocycles. The zero-order chi connectivity index (χ0) is 20.1. The van der Waals surface area contributed by atoms with E-state index >= 15 is 0 Å². The van der Waals surface area contributed by atoms with Crippen molar-refractivity contribution in [2.75, 3.05) is 0 Å². The minimum Gasteiger partial charge on any atom is -0.289 e. The number of carbonyl (C=O) groups is 2. The molecule has 1 fully saturated rings. The maximum absolute atomic E-state index is 11.5. The van der Waals surface area contributed by atoms with Crippen LogP contribution in [0.3, 0.4) is 0 Å². The number of benzene rings is 3. The number of fused-ring (bicyclic) bond motifs is 2. The minimum atomic E-state index is -0.239. The van der Waals surface area contributed by atoms with Gasteiger partial charge in [-0.2, -0.15) is 0 Å². The van der Waals surface area contributed by atoms with Gasteiger partial charge in [0.2, 0.25) is 0 Å². The molecular formula is C26H27NO2. The Labute approximate surface area is 171 Å². The Balaban J connectivity index is 0.000000141. The number of nitrogens with one attached hydrogen (secondary N) is 1. The van der Waals surface area contributed by atoms with Crippen molar-refractivity contribution in [2.24, 2.45) is 5.92 Å². The lowest BCUT2D eigenvalue weighted by atomic mass is 9.86. The average molecular weight is 386 g/mol. The topological polar surface area (TPSA) is 46.2 Å². The summed E-state index contributed by atoms with van der Waals surface area (Å²) in [6, 6.07) is 21.4. The molecule has 0 aromatic heterocycles. The molecule has 2 aliphatic rings. The van der Waals surface area contributed by atoms with Gasteiger partial charge in [-0.15, -0.1) is 0 Å². The van der Waals surface area contributed by atoms with Crippen LogP contribution in [0.1, 0.15) is 44.9 Å². The lowest BCUT2D eigenvalue weighted by Gasteiger charge is -2.19. The van der Waals surface area contributed by atoms with Gasteiger partial charge in [0.05, 0.1) is 0 Å². The zero-order valence-electron chi connectivity index (χ0n) is 16.7. The van der Waals surface area contributed by atoms with E-state index in [1.807, 2.05) is 0 Å². The van der Waals surface area contributed by atoms with Crippen LogP contribution in [0.5, 0.6) is 0 Å². The second-order valence-corrected chi connectivity index (χ2v) is 8.01. The number of carbonyl (C=O) groups excluding carboxylic acids is 2. The van der Waals surface area contributed by atoms with Crippen LogP contribution < -0.4 is 5.32 Å². The number of hydrogen-bond donors (Lipinski definition) is 1. The summed E-state index contributed by atoms with van der Waals surface area (Å²) < 4.78 is 0. The summed E-state index contributed by atoms with van der Waals surface area (Å²) in [4.78, 5) is 22.5. The van der Waals surface area contributed by atoms with Crippen molar-refractivity contribution in [1.29, 1.82) is 0 Å². The van der Waals surface area contributed by atoms with Gasteiger partial charge >= 0.3 is 0 Å². The third kappa shape index (κ3) is 4.73.